The molecule has 0 unspecified atom stereocenters. The van der Waals surface area contributed by atoms with Crippen molar-refractivity contribution < 1.29 is 9.29 Å². The first-order valence-corrected chi connectivity index (χ1v) is 9.91. The second kappa shape index (κ2) is 6.93. The van der Waals surface area contributed by atoms with E-state index in [-0.39, 0.29) is 5.82 Å². The van der Waals surface area contributed by atoms with Crippen LogP contribution in [-0.4, -0.2) is 36.1 Å². The van der Waals surface area contributed by atoms with Crippen molar-refractivity contribution in [2.24, 2.45) is 0 Å². The van der Waals surface area contributed by atoms with E-state index in [1.54, 1.807) is 23.5 Å². The molecule has 0 atom stereocenters. The molecule has 4 rings (SSSR count). The Labute approximate surface area is 157 Å². The maximum absolute atomic E-state index is 13.9. The number of nitrogens with zero attached hydrogens (tertiary/aromatic N) is 3. The molecule has 136 valence electrons. The van der Waals surface area contributed by atoms with Gasteiger partial charge in [0.2, 0.25) is 0 Å². The standard InChI is InChI=1S/C20H23FN4S/c1-13-14(2)26-20-18(13)19(22-15(3)23-20)25-10-8-24(9-11-25)12-16-6-4-5-7-17(16)21/h4-7H,8-12H2,1-3H3/p+1. The highest BCUT2D eigenvalue weighted by Crippen LogP contribution is 2.34. The molecule has 0 saturated carbocycles. The van der Waals surface area contributed by atoms with Crippen molar-refractivity contribution in [3.05, 3.63) is 51.9 Å². The zero-order valence-electron chi connectivity index (χ0n) is 15.5. The van der Waals surface area contributed by atoms with Gasteiger partial charge in [-0.05, 0) is 32.4 Å². The van der Waals surface area contributed by atoms with Crippen LogP contribution < -0.4 is 9.80 Å². The number of rotatable bonds is 3. The van der Waals surface area contributed by atoms with E-state index in [1.807, 2.05) is 19.1 Å². The van der Waals surface area contributed by atoms with E-state index in [2.05, 4.69) is 23.7 Å². The summed E-state index contributed by atoms with van der Waals surface area (Å²) in [7, 11) is 0. The molecule has 1 aliphatic heterocycles. The number of thiophene rings is 1. The number of hydrogen-bond donors (Lipinski definition) is 1. The minimum atomic E-state index is -0.0973. The minimum absolute atomic E-state index is 0.0973. The van der Waals surface area contributed by atoms with Crippen LogP contribution in [0.2, 0.25) is 0 Å². The number of aryl methyl sites for hydroxylation is 3. The summed E-state index contributed by atoms with van der Waals surface area (Å²) in [4.78, 5) is 15.6. The maximum atomic E-state index is 13.9. The molecule has 3 heterocycles. The summed E-state index contributed by atoms with van der Waals surface area (Å²) in [6.07, 6.45) is 0. The van der Waals surface area contributed by atoms with Gasteiger partial charge in [0.25, 0.3) is 0 Å². The Morgan fingerprint density at radius 1 is 1.12 bits per heavy atom. The van der Waals surface area contributed by atoms with E-state index in [9.17, 15) is 4.39 Å². The lowest BCUT2D eigenvalue weighted by Crippen LogP contribution is -3.13. The van der Waals surface area contributed by atoms with Crippen LogP contribution in [0.15, 0.2) is 24.3 Å². The third kappa shape index (κ3) is 3.19. The van der Waals surface area contributed by atoms with Crippen LogP contribution in [-0.2, 0) is 6.54 Å². The highest BCUT2D eigenvalue weighted by atomic mass is 32.1. The van der Waals surface area contributed by atoms with Crippen LogP contribution in [0.5, 0.6) is 0 Å². The number of aromatic nitrogens is 2. The monoisotopic (exact) mass is 371 g/mol. The maximum Gasteiger partial charge on any atom is 0.141 e. The van der Waals surface area contributed by atoms with E-state index in [1.165, 1.54) is 20.7 Å². The lowest BCUT2D eigenvalue weighted by Gasteiger charge is -2.33. The molecule has 1 aliphatic rings. The van der Waals surface area contributed by atoms with Gasteiger partial charge in [-0.25, -0.2) is 14.4 Å². The van der Waals surface area contributed by atoms with Gasteiger partial charge in [-0.1, -0.05) is 18.2 Å². The molecule has 2 aromatic heterocycles. The van der Waals surface area contributed by atoms with Gasteiger partial charge in [0.1, 0.15) is 28.8 Å². The molecule has 3 aromatic rings. The van der Waals surface area contributed by atoms with Crippen LogP contribution in [0, 0.1) is 26.6 Å². The second-order valence-corrected chi connectivity index (χ2v) is 8.27. The Balaban J connectivity index is 1.53. The third-order valence-electron chi connectivity index (χ3n) is 5.29. The zero-order valence-corrected chi connectivity index (χ0v) is 16.3. The van der Waals surface area contributed by atoms with Gasteiger partial charge in [0, 0.05) is 10.4 Å². The fraction of sp³-hybridized carbons (Fsp3) is 0.400. The summed E-state index contributed by atoms with van der Waals surface area (Å²) in [5, 5.41) is 1.20. The van der Waals surface area contributed by atoms with Crippen LogP contribution >= 0.6 is 11.3 Å². The van der Waals surface area contributed by atoms with Crippen molar-refractivity contribution in [3.8, 4) is 0 Å². The Morgan fingerprint density at radius 2 is 1.85 bits per heavy atom. The van der Waals surface area contributed by atoms with Crippen molar-refractivity contribution in [3.63, 3.8) is 0 Å². The Bertz CT molecular complexity index is 944. The zero-order chi connectivity index (χ0) is 18.3. The number of nitrogens with one attached hydrogen (secondary N) is 1. The van der Waals surface area contributed by atoms with Gasteiger partial charge >= 0.3 is 0 Å². The number of quaternary nitrogens is 1. The predicted molar refractivity (Wildman–Crippen MR) is 105 cm³/mol. The van der Waals surface area contributed by atoms with Gasteiger partial charge < -0.3 is 9.80 Å². The van der Waals surface area contributed by atoms with E-state index in [0.717, 1.165) is 54.8 Å². The van der Waals surface area contributed by atoms with Crippen molar-refractivity contribution in [1.29, 1.82) is 0 Å². The number of benzene rings is 1. The Morgan fingerprint density at radius 3 is 2.58 bits per heavy atom. The number of fused-ring (bicyclic) bond motifs is 1. The molecule has 1 aromatic carbocycles. The van der Waals surface area contributed by atoms with Gasteiger partial charge in [0.15, 0.2) is 0 Å². The summed E-state index contributed by atoms with van der Waals surface area (Å²) in [6.45, 7) is 10.9. The van der Waals surface area contributed by atoms with Crippen LogP contribution in [0.4, 0.5) is 10.2 Å². The van der Waals surface area contributed by atoms with Crippen LogP contribution in [0.1, 0.15) is 21.8 Å². The number of anilines is 1. The summed E-state index contributed by atoms with van der Waals surface area (Å²) >= 11 is 1.75. The van der Waals surface area contributed by atoms with E-state index in [4.69, 9.17) is 4.98 Å². The van der Waals surface area contributed by atoms with Gasteiger partial charge in [-0.3, -0.25) is 0 Å². The van der Waals surface area contributed by atoms with E-state index < -0.39 is 0 Å². The lowest BCUT2D eigenvalue weighted by atomic mass is 10.1. The van der Waals surface area contributed by atoms with Crippen LogP contribution in [0.25, 0.3) is 10.2 Å². The average molecular weight is 372 g/mol. The van der Waals surface area contributed by atoms with Crippen molar-refractivity contribution >= 4 is 27.4 Å². The molecular weight excluding hydrogens is 347 g/mol. The molecule has 4 nitrogen and oxygen atoms in total. The first-order valence-electron chi connectivity index (χ1n) is 9.09. The highest BCUT2D eigenvalue weighted by molar-refractivity contribution is 7.18. The molecule has 26 heavy (non-hydrogen) atoms. The lowest BCUT2D eigenvalue weighted by molar-refractivity contribution is -0.914. The van der Waals surface area contributed by atoms with Gasteiger partial charge in [-0.2, -0.15) is 0 Å². The topological polar surface area (TPSA) is 33.5 Å². The fourth-order valence-corrected chi connectivity index (χ4v) is 4.75. The second-order valence-electron chi connectivity index (χ2n) is 7.06. The van der Waals surface area contributed by atoms with Gasteiger partial charge in [0.05, 0.1) is 31.6 Å². The summed E-state index contributed by atoms with van der Waals surface area (Å²) in [6, 6.07) is 7.10. The highest BCUT2D eigenvalue weighted by Gasteiger charge is 2.25. The molecule has 0 spiro atoms. The Kier molecular flexibility index (Phi) is 4.63. The largest absolute Gasteiger partial charge is 0.345 e. The van der Waals surface area contributed by atoms with E-state index in [0.29, 0.717) is 0 Å². The number of hydrogen-bond acceptors (Lipinski definition) is 4. The smallest absolute Gasteiger partial charge is 0.141 e. The molecule has 0 aliphatic carbocycles. The predicted octanol–water partition coefficient (Wildman–Crippen LogP) is 2.66. The molecule has 0 amide bonds. The molecule has 6 heteroatoms. The molecule has 1 N–H and O–H groups in total. The Hall–Kier alpha value is -2.05. The fourth-order valence-electron chi connectivity index (χ4n) is 3.68. The quantitative estimate of drug-likeness (QED) is 0.769. The minimum Gasteiger partial charge on any atom is -0.345 e. The number of halogens is 1. The molecule has 0 radical (unpaired) electrons. The average Bonchev–Trinajstić information content (AvgIpc) is 2.91. The molecule has 1 saturated heterocycles. The molecule has 0 bridgehead atoms. The van der Waals surface area contributed by atoms with Crippen molar-refractivity contribution in [2.75, 3.05) is 31.1 Å². The van der Waals surface area contributed by atoms with E-state index >= 15 is 0 Å². The molecular formula is C20H24FN4S+. The SMILES string of the molecule is Cc1nc(N2CC[NH+](Cc3ccccc3F)CC2)c2c(C)c(C)sc2n1. The van der Waals surface area contributed by atoms with Crippen molar-refractivity contribution in [2.45, 2.75) is 27.3 Å². The summed E-state index contributed by atoms with van der Waals surface area (Å²) in [5.41, 5.74) is 2.10. The summed E-state index contributed by atoms with van der Waals surface area (Å²) < 4.78 is 13.9. The van der Waals surface area contributed by atoms with Gasteiger partial charge in [-0.15, -0.1) is 11.3 Å². The normalized spacial score (nSPS) is 15.8. The first-order chi connectivity index (χ1) is 12.5. The number of piperazine rings is 1. The van der Waals surface area contributed by atoms with Crippen LogP contribution in [0.3, 0.4) is 0 Å². The molecule has 1 fully saturated rings. The summed E-state index contributed by atoms with van der Waals surface area (Å²) in [5.74, 6) is 1.80. The first kappa shape index (κ1) is 17.4. The van der Waals surface area contributed by atoms with Crippen molar-refractivity contribution in [1.82, 2.24) is 9.97 Å². The third-order valence-corrected chi connectivity index (χ3v) is 6.39.